The summed E-state index contributed by atoms with van der Waals surface area (Å²) in [5.41, 5.74) is 5.60. The number of nitrogens with two attached hydrogens (primary N) is 1. The Balaban J connectivity index is 0.000000561. The number of hydrogen-bond acceptors (Lipinski definition) is 2. The maximum atomic E-state index is 10.4. The van der Waals surface area contributed by atoms with E-state index < -0.39 is 5.97 Å². The Morgan fingerprint density at radius 1 is 1.33 bits per heavy atom. The Kier molecular flexibility index (Phi) is 6.11. The van der Waals surface area contributed by atoms with Gasteiger partial charge in [0.25, 0.3) is 0 Å². The van der Waals surface area contributed by atoms with E-state index in [1.54, 1.807) is 0 Å². The molecule has 0 aliphatic heterocycles. The van der Waals surface area contributed by atoms with E-state index in [9.17, 15) is 4.79 Å². The van der Waals surface area contributed by atoms with Crippen molar-refractivity contribution in [3.63, 3.8) is 0 Å². The number of carboxylic acids is 1. The summed E-state index contributed by atoms with van der Waals surface area (Å²) < 4.78 is 0. The molecule has 0 aromatic carbocycles. The van der Waals surface area contributed by atoms with Gasteiger partial charge in [0.05, 0.1) is 5.92 Å². The van der Waals surface area contributed by atoms with Crippen LogP contribution in [0.4, 0.5) is 0 Å². The average molecular weight is 194 g/mol. The van der Waals surface area contributed by atoms with Crippen LogP contribution in [0.15, 0.2) is 0 Å². The van der Waals surface area contributed by atoms with Gasteiger partial charge in [-0.1, -0.05) is 0 Å². The highest BCUT2D eigenvalue weighted by molar-refractivity contribution is 6.15. The molecule has 1 rings (SSSR count). The van der Waals surface area contributed by atoms with E-state index in [4.69, 9.17) is 10.8 Å². The zero-order valence-corrected chi connectivity index (χ0v) is 8.05. The molecule has 1 fully saturated rings. The lowest BCUT2D eigenvalue weighted by molar-refractivity contribution is -0.142. The van der Waals surface area contributed by atoms with Crippen LogP contribution in [0.2, 0.25) is 0 Å². The molecule has 0 heterocycles. The summed E-state index contributed by atoms with van der Waals surface area (Å²) in [6, 6.07) is 0.246. The van der Waals surface area contributed by atoms with Crippen molar-refractivity contribution in [1.29, 1.82) is 0 Å². The van der Waals surface area contributed by atoms with Gasteiger partial charge < -0.3 is 10.8 Å². The van der Waals surface area contributed by atoms with Crippen molar-refractivity contribution in [2.75, 3.05) is 6.38 Å². The van der Waals surface area contributed by atoms with E-state index in [0.29, 0.717) is 0 Å². The average Bonchev–Trinajstić information content (AvgIpc) is 2.09. The van der Waals surface area contributed by atoms with Gasteiger partial charge >= 0.3 is 5.97 Å². The summed E-state index contributed by atoms with van der Waals surface area (Å²) in [4.78, 5) is 10.4. The largest absolute Gasteiger partial charge is 0.481 e. The first-order valence-corrected chi connectivity index (χ1v) is 4.82. The van der Waals surface area contributed by atoms with E-state index >= 15 is 0 Å². The van der Waals surface area contributed by atoms with Gasteiger partial charge in [-0.25, -0.2) is 0 Å². The number of aliphatic carboxylic acids is 1. The Morgan fingerprint density at radius 3 is 2.08 bits per heavy atom. The number of alkyl halides is 1. The third-order valence-electron chi connectivity index (χ3n) is 2.12. The Bertz CT molecular complexity index is 133. The van der Waals surface area contributed by atoms with E-state index in [-0.39, 0.29) is 12.0 Å². The predicted molar refractivity (Wildman–Crippen MR) is 49.3 cm³/mol. The van der Waals surface area contributed by atoms with Gasteiger partial charge in [0.2, 0.25) is 0 Å². The van der Waals surface area contributed by atoms with Crippen molar-refractivity contribution >= 4 is 17.6 Å². The van der Waals surface area contributed by atoms with Crippen LogP contribution in [0.1, 0.15) is 25.7 Å². The van der Waals surface area contributed by atoms with Crippen molar-refractivity contribution in [3.05, 3.63) is 0 Å². The monoisotopic (exact) mass is 193 g/mol. The second-order valence-electron chi connectivity index (χ2n) is 2.95. The third kappa shape index (κ3) is 3.93. The lowest BCUT2D eigenvalue weighted by atomic mass is 9.87. The summed E-state index contributed by atoms with van der Waals surface area (Å²) in [7, 11) is 0. The minimum atomic E-state index is -0.660. The fourth-order valence-electron chi connectivity index (χ4n) is 1.37. The molecule has 0 unspecified atom stereocenters. The lowest BCUT2D eigenvalue weighted by Crippen LogP contribution is -2.29. The summed E-state index contributed by atoms with van der Waals surface area (Å²) in [6.45, 7) is 0. The highest BCUT2D eigenvalue weighted by atomic mass is 35.5. The number of rotatable bonds is 1. The van der Waals surface area contributed by atoms with Crippen LogP contribution in [0.5, 0.6) is 0 Å². The van der Waals surface area contributed by atoms with Crippen LogP contribution in [-0.2, 0) is 4.79 Å². The first kappa shape index (κ1) is 11.7. The highest BCUT2D eigenvalue weighted by Crippen LogP contribution is 2.22. The van der Waals surface area contributed by atoms with E-state index in [2.05, 4.69) is 11.6 Å². The third-order valence-corrected chi connectivity index (χ3v) is 2.12. The van der Waals surface area contributed by atoms with E-state index in [1.807, 2.05) is 0 Å². The number of carboxylic acid groups (broad SMARTS) is 1. The zero-order chi connectivity index (χ0) is 9.56. The molecule has 0 radical (unpaired) electrons. The van der Waals surface area contributed by atoms with Gasteiger partial charge in [0, 0.05) is 12.4 Å². The molecule has 0 aromatic rings. The molecule has 0 amide bonds. The van der Waals surface area contributed by atoms with Crippen LogP contribution in [0, 0.1) is 5.92 Å². The van der Waals surface area contributed by atoms with Gasteiger partial charge in [0.1, 0.15) is 0 Å². The molecule has 3 nitrogen and oxygen atoms in total. The molecule has 1 aliphatic rings. The van der Waals surface area contributed by atoms with Crippen molar-refractivity contribution in [1.82, 2.24) is 0 Å². The maximum absolute atomic E-state index is 10.4. The fraction of sp³-hybridized carbons (Fsp3) is 0.875. The van der Waals surface area contributed by atoms with E-state index in [1.165, 1.54) is 6.38 Å². The fourth-order valence-corrected chi connectivity index (χ4v) is 1.37. The topological polar surface area (TPSA) is 63.3 Å². The second-order valence-corrected chi connectivity index (χ2v) is 2.95. The smallest absolute Gasteiger partial charge is 0.306 e. The standard InChI is InChI=1S/C7H13NO2.CH3Cl/c8-6-3-1-5(2-4-6)7(9)10;1-2/h5-6H,1-4,8H2,(H,9,10);1H3/t5-,6-;. The Labute approximate surface area is 77.9 Å². The van der Waals surface area contributed by atoms with Crippen molar-refractivity contribution in [2.45, 2.75) is 31.7 Å². The predicted octanol–water partition coefficient (Wildman–Crippen LogP) is 1.44. The maximum Gasteiger partial charge on any atom is 0.306 e. The Hall–Kier alpha value is -0.280. The molecule has 1 saturated carbocycles. The van der Waals surface area contributed by atoms with Gasteiger partial charge in [0.15, 0.2) is 0 Å². The van der Waals surface area contributed by atoms with Crippen LogP contribution in [0.25, 0.3) is 0 Å². The Morgan fingerprint density at radius 2 is 1.75 bits per heavy atom. The molecule has 0 bridgehead atoms. The summed E-state index contributed by atoms with van der Waals surface area (Å²) >= 11 is 4.64. The highest BCUT2D eigenvalue weighted by Gasteiger charge is 2.23. The zero-order valence-electron chi connectivity index (χ0n) is 7.29. The van der Waals surface area contributed by atoms with Gasteiger partial charge in [-0.3, -0.25) is 4.79 Å². The minimum absolute atomic E-state index is 0.125. The first-order chi connectivity index (χ1) is 5.70. The van der Waals surface area contributed by atoms with Crippen molar-refractivity contribution < 1.29 is 9.90 Å². The van der Waals surface area contributed by atoms with Crippen molar-refractivity contribution in [2.24, 2.45) is 11.7 Å². The molecule has 72 valence electrons. The molecular weight excluding hydrogens is 178 g/mol. The van der Waals surface area contributed by atoms with Gasteiger partial charge in [-0.15, -0.1) is 11.6 Å². The molecular formula is C8H16ClNO2. The number of hydrogen-bond donors (Lipinski definition) is 2. The summed E-state index contributed by atoms with van der Waals surface area (Å²) in [6.07, 6.45) is 4.74. The molecule has 0 saturated heterocycles. The molecule has 0 spiro atoms. The minimum Gasteiger partial charge on any atom is -0.481 e. The first-order valence-electron chi connectivity index (χ1n) is 4.06. The van der Waals surface area contributed by atoms with Gasteiger partial charge in [-0.2, -0.15) is 0 Å². The molecule has 3 N–H and O–H groups in total. The molecule has 12 heavy (non-hydrogen) atoms. The molecule has 0 aromatic heterocycles. The molecule has 1 aliphatic carbocycles. The summed E-state index contributed by atoms with van der Waals surface area (Å²) in [5, 5.41) is 8.58. The van der Waals surface area contributed by atoms with Crippen LogP contribution in [0.3, 0.4) is 0 Å². The lowest BCUT2D eigenvalue weighted by Gasteiger charge is -2.22. The molecule has 4 heteroatoms. The summed E-state index contributed by atoms with van der Waals surface area (Å²) in [5.74, 6) is -0.785. The quantitative estimate of drug-likeness (QED) is 0.620. The van der Waals surface area contributed by atoms with Crippen LogP contribution in [-0.4, -0.2) is 23.5 Å². The van der Waals surface area contributed by atoms with E-state index in [0.717, 1.165) is 25.7 Å². The van der Waals surface area contributed by atoms with Gasteiger partial charge in [-0.05, 0) is 25.7 Å². The molecule has 0 atom stereocenters. The normalized spacial score (nSPS) is 28.6. The number of halogens is 1. The number of carbonyl (C=O) groups is 1. The van der Waals surface area contributed by atoms with Crippen LogP contribution >= 0.6 is 11.6 Å². The van der Waals surface area contributed by atoms with Crippen LogP contribution < -0.4 is 5.73 Å². The van der Waals surface area contributed by atoms with Crippen molar-refractivity contribution in [3.8, 4) is 0 Å². The SMILES string of the molecule is CCl.N[C@H]1CC[C@H](C(=O)O)CC1. The second kappa shape index (κ2) is 6.26.